The summed E-state index contributed by atoms with van der Waals surface area (Å²) in [5.74, 6) is 0. The number of halogens is 2. The zero-order valence-electron chi connectivity index (χ0n) is 12.7. The molecule has 0 saturated carbocycles. The summed E-state index contributed by atoms with van der Waals surface area (Å²) in [4.78, 5) is 11.7. The lowest BCUT2D eigenvalue weighted by molar-refractivity contribution is 0.0636. The Hall–Kier alpha value is -1.69. The molecule has 0 aliphatic rings. The Morgan fingerprint density at radius 1 is 1.38 bits per heavy atom. The summed E-state index contributed by atoms with van der Waals surface area (Å²) >= 11 is 0. The van der Waals surface area contributed by atoms with E-state index in [1.807, 2.05) is 0 Å². The number of anilines is 1. The minimum absolute atomic E-state index is 0.0885. The van der Waals surface area contributed by atoms with Crippen LogP contribution in [0, 0.1) is 6.92 Å². The second-order valence-corrected chi connectivity index (χ2v) is 5.98. The van der Waals surface area contributed by atoms with Crippen molar-refractivity contribution >= 4 is 11.8 Å². The highest BCUT2D eigenvalue weighted by Gasteiger charge is 2.18. The van der Waals surface area contributed by atoms with Crippen LogP contribution in [0.5, 0.6) is 0 Å². The van der Waals surface area contributed by atoms with Crippen LogP contribution in [0.15, 0.2) is 18.2 Å². The molecule has 1 atom stereocenters. The molecule has 1 aromatic carbocycles. The van der Waals surface area contributed by atoms with Gasteiger partial charge in [0.15, 0.2) is 0 Å². The van der Waals surface area contributed by atoms with E-state index in [0.29, 0.717) is 11.3 Å². The number of alkyl halides is 2. The molecule has 0 aliphatic heterocycles. The standard InChI is InChI=1S/C15H22F2N2O2/c1-9-7-10(8-11(18)13(16)17)5-6-12(9)19-14(20)21-15(2,3)4/h5-7,11,13H,8,18H2,1-4H3,(H,19,20). The lowest BCUT2D eigenvalue weighted by Gasteiger charge is -2.20. The topological polar surface area (TPSA) is 64.3 Å². The van der Waals surface area contributed by atoms with Crippen LogP contribution in [0.25, 0.3) is 0 Å². The molecule has 21 heavy (non-hydrogen) atoms. The van der Waals surface area contributed by atoms with Gasteiger partial charge < -0.3 is 10.5 Å². The molecule has 1 aromatic rings. The summed E-state index contributed by atoms with van der Waals surface area (Å²) < 4.78 is 30.0. The maximum atomic E-state index is 12.4. The smallest absolute Gasteiger partial charge is 0.412 e. The van der Waals surface area contributed by atoms with E-state index in [-0.39, 0.29) is 6.42 Å². The molecule has 0 radical (unpaired) electrons. The number of aryl methyl sites for hydroxylation is 1. The van der Waals surface area contributed by atoms with E-state index in [1.54, 1.807) is 45.9 Å². The van der Waals surface area contributed by atoms with Gasteiger partial charge in [0.05, 0.1) is 6.04 Å². The second-order valence-electron chi connectivity index (χ2n) is 5.98. The molecule has 0 aliphatic carbocycles. The van der Waals surface area contributed by atoms with Gasteiger partial charge in [-0.15, -0.1) is 0 Å². The van der Waals surface area contributed by atoms with Crippen molar-refractivity contribution in [2.75, 3.05) is 5.32 Å². The van der Waals surface area contributed by atoms with Crippen LogP contribution in [0.2, 0.25) is 0 Å². The van der Waals surface area contributed by atoms with Crippen molar-refractivity contribution in [2.24, 2.45) is 5.73 Å². The lowest BCUT2D eigenvalue weighted by atomic mass is 10.0. The van der Waals surface area contributed by atoms with Crippen LogP contribution >= 0.6 is 0 Å². The molecular weight excluding hydrogens is 278 g/mol. The zero-order chi connectivity index (χ0) is 16.2. The molecule has 4 nitrogen and oxygen atoms in total. The Kier molecular flexibility index (Phi) is 5.66. The Morgan fingerprint density at radius 2 is 2.00 bits per heavy atom. The number of nitrogens with one attached hydrogen (secondary N) is 1. The van der Waals surface area contributed by atoms with Crippen molar-refractivity contribution < 1.29 is 18.3 Å². The first-order valence-corrected chi connectivity index (χ1v) is 6.72. The highest BCUT2D eigenvalue weighted by Crippen LogP contribution is 2.19. The highest BCUT2D eigenvalue weighted by atomic mass is 19.3. The predicted molar refractivity (Wildman–Crippen MR) is 78.7 cm³/mol. The van der Waals surface area contributed by atoms with Crippen molar-refractivity contribution in [3.05, 3.63) is 29.3 Å². The van der Waals surface area contributed by atoms with E-state index in [0.717, 1.165) is 5.56 Å². The summed E-state index contributed by atoms with van der Waals surface area (Å²) in [5.41, 5.74) is 6.82. The molecule has 0 aromatic heterocycles. The Labute approximate surface area is 123 Å². The third-order valence-electron chi connectivity index (χ3n) is 2.72. The zero-order valence-corrected chi connectivity index (χ0v) is 12.7. The van der Waals surface area contributed by atoms with E-state index in [9.17, 15) is 13.6 Å². The largest absolute Gasteiger partial charge is 0.444 e. The third-order valence-corrected chi connectivity index (χ3v) is 2.72. The summed E-state index contributed by atoms with van der Waals surface area (Å²) in [7, 11) is 0. The minimum Gasteiger partial charge on any atom is -0.444 e. The maximum absolute atomic E-state index is 12.4. The molecule has 118 valence electrons. The number of hydrogen-bond acceptors (Lipinski definition) is 3. The maximum Gasteiger partial charge on any atom is 0.412 e. The van der Waals surface area contributed by atoms with Crippen molar-refractivity contribution in [2.45, 2.75) is 52.2 Å². The van der Waals surface area contributed by atoms with Gasteiger partial charge in [-0.05, 0) is 51.3 Å². The molecule has 3 N–H and O–H groups in total. The fraction of sp³-hybridized carbons (Fsp3) is 0.533. The number of carbonyl (C=O) groups is 1. The van der Waals surface area contributed by atoms with E-state index in [4.69, 9.17) is 10.5 Å². The van der Waals surface area contributed by atoms with E-state index in [2.05, 4.69) is 5.32 Å². The number of benzene rings is 1. The Morgan fingerprint density at radius 3 is 2.48 bits per heavy atom. The van der Waals surface area contributed by atoms with E-state index in [1.165, 1.54) is 0 Å². The minimum atomic E-state index is -2.55. The van der Waals surface area contributed by atoms with Crippen LogP contribution in [0.3, 0.4) is 0 Å². The lowest BCUT2D eigenvalue weighted by Crippen LogP contribution is -2.31. The van der Waals surface area contributed by atoms with Crippen LogP contribution in [-0.2, 0) is 11.2 Å². The summed E-state index contributed by atoms with van der Waals surface area (Å²) in [6.45, 7) is 7.10. The van der Waals surface area contributed by atoms with Gasteiger partial charge in [-0.3, -0.25) is 5.32 Å². The Balaban J connectivity index is 2.72. The van der Waals surface area contributed by atoms with Gasteiger partial charge in [0.1, 0.15) is 5.60 Å². The predicted octanol–water partition coefficient (Wildman–Crippen LogP) is 3.48. The number of nitrogens with two attached hydrogens (primary N) is 1. The third kappa shape index (κ3) is 6.08. The van der Waals surface area contributed by atoms with Gasteiger partial charge in [0, 0.05) is 5.69 Å². The number of carbonyl (C=O) groups excluding carboxylic acids is 1. The SMILES string of the molecule is Cc1cc(CC(N)C(F)F)ccc1NC(=O)OC(C)(C)C. The van der Waals surface area contributed by atoms with E-state index >= 15 is 0 Å². The van der Waals surface area contributed by atoms with Gasteiger partial charge >= 0.3 is 6.09 Å². The van der Waals surface area contributed by atoms with Gasteiger partial charge in [-0.25, -0.2) is 13.6 Å². The fourth-order valence-electron chi connectivity index (χ4n) is 1.77. The van der Waals surface area contributed by atoms with Gasteiger partial charge in [-0.1, -0.05) is 12.1 Å². The summed E-state index contributed by atoms with van der Waals surface area (Å²) in [6.07, 6.45) is -3.02. The monoisotopic (exact) mass is 300 g/mol. The average molecular weight is 300 g/mol. The van der Waals surface area contributed by atoms with Gasteiger partial charge in [0.25, 0.3) is 6.43 Å². The van der Waals surface area contributed by atoms with Crippen molar-refractivity contribution in [3.8, 4) is 0 Å². The number of rotatable bonds is 4. The van der Waals surface area contributed by atoms with Crippen LogP contribution in [0.4, 0.5) is 19.3 Å². The molecule has 0 saturated heterocycles. The van der Waals surface area contributed by atoms with Crippen molar-refractivity contribution in [1.82, 2.24) is 0 Å². The normalized spacial score (nSPS) is 13.1. The first-order valence-electron chi connectivity index (χ1n) is 6.72. The molecule has 1 amide bonds. The van der Waals surface area contributed by atoms with Crippen LogP contribution in [0.1, 0.15) is 31.9 Å². The number of ether oxygens (including phenoxy) is 1. The first kappa shape index (κ1) is 17.4. The molecule has 1 rings (SSSR count). The molecule has 0 heterocycles. The van der Waals surface area contributed by atoms with E-state index < -0.39 is 24.2 Å². The van der Waals surface area contributed by atoms with Crippen molar-refractivity contribution in [1.29, 1.82) is 0 Å². The quantitative estimate of drug-likeness (QED) is 0.894. The van der Waals surface area contributed by atoms with Crippen LogP contribution < -0.4 is 11.1 Å². The molecule has 1 unspecified atom stereocenters. The average Bonchev–Trinajstić information content (AvgIpc) is 2.30. The molecule has 0 fully saturated rings. The highest BCUT2D eigenvalue weighted by molar-refractivity contribution is 5.85. The summed E-state index contributed by atoms with van der Waals surface area (Å²) in [6, 6.07) is 3.87. The molecule has 0 bridgehead atoms. The van der Waals surface area contributed by atoms with Gasteiger partial charge in [-0.2, -0.15) is 0 Å². The number of amides is 1. The van der Waals surface area contributed by atoms with Gasteiger partial charge in [0.2, 0.25) is 0 Å². The Bertz CT molecular complexity index is 499. The number of hydrogen-bond donors (Lipinski definition) is 2. The fourth-order valence-corrected chi connectivity index (χ4v) is 1.77. The molecular formula is C15H22F2N2O2. The van der Waals surface area contributed by atoms with Crippen molar-refractivity contribution in [3.63, 3.8) is 0 Å². The molecule has 0 spiro atoms. The first-order chi connectivity index (χ1) is 9.58. The second kappa shape index (κ2) is 6.85. The van der Waals surface area contributed by atoms with Crippen LogP contribution in [-0.4, -0.2) is 24.2 Å². The molecule has 6 heteroatoms. The summed E-state index contributed by atoms with van der Waals surface area (Å²) in [5, 5.41) is 2.63.